The second-order valence-corrected chi connectivity index (χ2v) is 9.32. The van der Waals surface area contributed by atoms with Gasteiger partial charge in [0.25, 0.3) is 0 Å². The molecule has 2 heterocycles. The average Bonchev–Trinajstić information content (AvgIpc) is 2.89. The van der Waals surface area contributed by atoms with Crippen LogP contribution in [0.15, 0.2) is 67.8 Å². The van der Waals surface area contributed by atoms with Crippen molar-refractivity contribution < 1.29 is 0 Å². The van der Waals surface area contributed by atoms with E-state index in [2.05, 4.69) is 54.5 Å². The maximum Gasteiger partial charge on any atom is 0.100 e. The molecule has 0 bridgehead atoms. The Hall–Kier alpha value is -4.60. The number of benzene rings is 4. The number of hydrogen-bond donors (Lipinski definition) is 0. The van der Waals surface area contributed by atoms with Crippen molar-refractivity contribution >= 4 is 50.5 Å². The zero-order valence-corrected chi connectivity index (χ0v) is 19.4. The summed E-state index contributed by atoms with van der Waals surface area (Å²) >= 11 is 0. The molecule has 0 fully saturated rings. The summed E-state index contributed by atoms with van der Waals surface area (Å²) in [6, 6.07) is 22.8. The number of anilines is 1. The van der Waals surface area contributed by atoms with Gasteiger partial charge in [-0.1, -0.05) is 61.7 Å². The largest absolute Gasteiger partial charge is 0.370 e. The number of fused-ring (bicyclic) bond motifs is 2. The van der Waals surface area contributed by atoms with Crippen LogP contribution in [0.1, 0.15) is 46.2 Å². The average molecular weight is 450 g/mol. The van der Waals surface area contributed by atoms with Crippen molar-refractivity contribution in [2.24, 2.45) is 0 Å². The molecule has 2 aliphatic rings. The standard InChI is InChI=1S/C32H23N3/c1-20-11-13-35-14-12-21(2)28-17-23(16-27(20)32(28)35)8-7-22-9-10-26-29(15-22)31(19-34)25-6-4-3-5-24(25)30(26)18-33/h3-10,15-17H,1-2,11-14H2. The Morgan fingerprint density at radius 1 is 0.686 bits per heavy atom. The molecule has 0 amide bonds. The van der Waals surface area contributed by atoms with Crippen LogP contribution in [-0.4, -0.2) is 13.1 Å². The SMILES string of the molecule is C=C1CCN2CCC(=C)c3cc(C=Cc4ccc5c(C#N)c6ccccc6c(C#N)c5c4)cc1c32. The molecule has 0 saturated carbocycles. The van der Waals surface area contributed by atoms with E-state index in [0.29, 0.717) is 11.1 Å². The Morgan fingerprint density at radius 3 is 1.83 bits per heavy atom. The Balaban J connectivity index is 1.48. The van der Waals surface area contributed by atoms with Crippen LogP contribution in [0.5, 0.6) is 0 Å². The van der Waals surface area contributed by atoms with Gasteiger partial charge in [0.15, 0.2) is 0 Å². The summed E-state index contributed by atoms with van der Waals surface area (Å²) in [6.45, 7) is 10.7. The van der Waals surface area contributed by atoms with E-state index in [-0.39, 0.29) is 0 Å². The molecule has 166 valence electrons. The lowest BCUT2D eigenvalue weighted by atomic mass is 9.86. The fourth-order valence-corrected chi connectivity index (χ4v) is 5.51. The normalized spacial score (nSPS) is 14.9. The van der Waals surface area contributed by atoms with Gasteiger partial charge in [-0.2, -0.15) is 10.5 Å². The van der Waals surface area contributed by atoms with Gasteiger partial charge in [-0.25, -0.2) is 0 Å². The lowest BCUT2D eigenvalue weighted by Crippen LogP contribution is -2.33. The molecule has 0 atom stereocenters. The van der Waals surface area contributed by atoms with Crippen LogP contribution in [0.25, 0.3) is 44.8 Å². The molecule has 0 aromatic heterocycles. The van der Waals surface area contributed by atoms with Crippen molar-refractivity contribution in [2.45, 2.75) is 12.8 Å². The summed E-state index contributed by atoms with van der Waals surface area (Å²) in [7, 11) is 0. The summed E-state index contributed by atoms with van der Waals surface area (Å²) in [5, 5.41) is 23.1. The molecule has 3 nitrogen and oxygen atoms in total. The van der Waals surface area contributed by atoms with E-state index in [1.54, 1.807) is 0 Å². The van der Waals surface area contributed by atoms with Crippen molar-refractivity contribution in [3.05, 3.63) is 101 Å². The predicted octanol–water partition coefficient (Wildman–Crippen LogP) is 7.55. The fraction of sp³-hybridized carbons (Fsp3) is 0.125. The summed E-state index contributed by atoms with van der Waals surface area (Å²) in [6.07, 6.45) is 6.17. The van der Waals surface area contributed by atoms with Crippen LogP contribution in [-0.2, 0) is 0 Å². The van der Waals surface area contributed by atoms with Gasteiger partial charge in [0.2, 0.25) is 0 Å². The zero-order chi connectivity index (χ0) is 24.1. The number of hydrogen-bond acceptors (Lipinski definition) is 3. The molecule has 35 heavy (non-hydrogen) atoms. The maximum absolute atomic E-state index is 9.97. The number of rotatable bonds is 2. The Kier molecular flexibility index (Phi) is 4.80. The minimum atomic E-state index is 0.607. The predicted molar refractivity (Wildman–Crippen MR) is 146 cm³/mol. The van der Waals surface area contributed by atoms with Gasteiger partial charge >= 0.3 is 0 Å². The van der Waals surface area contributed by atoms with E-state index >= 15 is 0 Å². The lowest BCUT2D eigenvalue weighted by molar-refractivity contribution is 0.766. The minimum absolute atomic E-state index is 0.607. The van der Waals surface area contributed by atoms with Gasteiger partial charge in [0.1, 0.15) is 12.1 Å². The smallest absolute Gasteiger partial charge is 0.100 e. The van der Waals surface area contributed by atoms with Crippen LogP contribution >= 0.6 is 0 Å². The van der Waals surface area contributed by atoms with Crippen LogP contribution < -0.4 is 4.90 Å². The van der Waals surface area contributed by atoms with Gasteiger partial charge in [-0.3, -0.25) is 0 Å². The van der Waals surface area contributed by atoms with Crippen LogP contribution in [0.3, 0.4) is 0 Å². The molecule has 4 aromatic rings. The Morgan fingerprint density at radius 2 is 1.23 bits per heavy atom. The first-order valence-corrected chi connectivity index (χ1v) is 11.8. The highest BCUT2D eigenvalue weighted by Gasteiger charge is 2.27. The molecule has 6 rings (SSSR count). The van der Waals surface area contributed by atoms with Crippen LogP contribution in [0, 0.1) is 22.7 Å². The minimum Gasteiger partial charge on any atom is -0.370 e. The van der Waals surface area contributed by atoms with E-state index in [0.717, 1.165) is 58.6 Å². The monoisotopic (exact) mass is 449 g/mol. The molecule has 4 aromatic carbocycles. The topological polar surface area (TPSA) is 50.8 Å². The van der Waals surface area contributed by atoms with Crippen LogP contribution in [0.2, 0.25) is 0 Å². The van der Waals surface area contributed by atoms with Gasteiger partial charge in [-0.15, -0.1) is 0 Å². The Labute approximate surface area is 205 Å². The second kappa shape index (κ2) is 8.01. The number of nitriles is 2. The molecule has 0 N–H and O–H groups in total. The van der Waals surface area contributed by atoms with Gasteiger partial charge in [0, 0.05) is 45.8 Å². The summed E-state index contributed by atoms with van der Waals surface area (Å²) in [4.78, 5) is 2.46. The number of nitrogens with zero attached hydrogens (tertiary/aromatic N) is 3. The van der Waals surface area contributed by atoms with E-state index < -0.39 is 0 Å². The van der Waals surface area contributed by atoms with Crippen LogP contribution in [0.4, 0.5) is 5.69 Å². The molecule has 3 heteroatoms. The second-order valence-electron chi connectivity index (χ2n) is 9.32. The fourth-order valence-electron chi connectivity index (χ4n) is 5.51. The quantitative estimate of drug-likeness (QED) is 0.234. The first kappa shape index (κ1) is 21.0. The lowest BCUT2D eigenvalue weighted by Gasteiger charge is -2.38. The summed E-state index contributed by atoms with van der Waals surface area (Å²) in [5.74, 6) is 0. The first-order valence-electron chi connectivity index (χ1n) is 11.8. The third-order valence-electron chi connectivity index (χ3n) is 7.32. The van der Waals surface area contributed by atoms with Crippen molar-refractivity contribution in [1.82, 2.24) is 0 Å². The van der Waals surface area contributed by atoms with Crippen molar-refractivity contribution in [2.75, 3.05) is 18.0 Å². The highest BCUT2D eigenvalue weighted by molar-refractivity contribution is 6.09. The van der Waals surface area contributed by atoms with E-state index in [1.807, 2.05) is 42.5 Å². The maximum atomic E-state index is 9.97. The van der Waals surface area contributed by atoms with Gasteiger partial charge in [0.05, 0.1) is 16.8 Å². The summed E-state index contributed by atoms with van der Waals surface area (Å²) in [5.41, 5.74) is 9.42. The van der Waals surface area contributed by atoms with Crippen molar-refractivity contribution in [3.8, 4) is 12.1 Å². The molecule has 2 aliphatic heterocycles. The molecule has 0 spiro atoms. The third-order valence-corrected chi connectivity index (χ3v) is 7.32. The summed E-state index contributed by atoms with van der Waals surface area (Å²) < 4.78 is 0. The highest BCUT2D eigenvalue weighted by Crippen LogP contribution is 2.44. The molecular weight excluding hydrogens is 426 g/mol. The molecule has 0 aliphatic carbocycles. The van der Waals surface area contributed by atoms with E-state index in [4.69, 9.17) is 0 Å². The van der Waals surface area contributed by atoms with Crippen molar-refractivity contribution in [3.63, 3.8) is 0 Å². The van der Waals surface area contributed by atoms with Gasteiger partial charge < -0.3 is 4.90 Å². The first-order chi connectivity index (χ1) is 17.1. The highest BCUT2D eigenvalue weighted by atomic mass is 15.1. The molecular formula is C32H23N3. The van der Waals surface area contributed by atoms with Crippen molar-refractivity contribution in [1.29, 1.82) is 10.5 Å². The molecule has 0 radical (unpaired) electrons. The third kappa shape index (κ3) is 3.25. The van der Waals surface area contributed by atoms with Gasteiger partial charge in [-0.05, 0) is 53.3 Å². The molecule has 0 saturated heterocycles. The Bertz CT molecular complexity index is 1660. The van der Waals surface area contributed by atoms with E-state index in [1.165, 1.54) is 28.0 Å². The molecule has 0 unspecified atom stereocenters. The zero-order valence-electron chi connectivity index (χ0n) is 19.4. The van der Waals surface area contributed by atoms with E-state index in [9.17, 15) is 10.5 Å².